The molecule has 6 rings (SSSR count). The minimum absolute atomic E-state index is 0.0111. The summed E-state index contributed by atoms with van der Waals surface area (Å²) < 4.78 is 6.32. The molecular formula is C35H26N2O3S. The average molecular weight is 555 g/mol. The Balaban J connectivity index is 1.50. The van der Waals surface area contributed by atoms with E-state index in [1.54, 1.807) is 30.3 Å². The monoisotopic (exact) mass is 554 g/mol. The van der Waals surface area contributed by atoms with E-state index < -0.39 is 11.8 Å². The molecule has 0 radical (unpaired) electrons. The minimum atomic E-state index is -0.490. The van der Waals surface area contributed by atoms with Crippen LogP contribution in [0.25, 0.3) is 16.8 Å². The number of fused-ring (bicyclic) bond motifs is 1. The van der Waals surface area contributed by atoms with Gasteiger partial charge in [0.05, 0.1) is 11.4 Å². The molecule has 2 amide bonds. The normalized spacial score (nSPS) is 13.6. The van der Waals surface area contributed by atoms with Crippen molar-refractivity contribution in [3.05, 3.63) is 144 Å². The number of carbonyl (C=O) groups is 2. The largest absolute Gasteiger partial charge is 0.488 e. The zero-order valence-electron chi connectivity index (χ0n) is 22.4. The van der Waals surface area contributed by atoms with Gasteiger partial charge >= 0.3 is 0 Å². The highest BCUT2D eigenvalue weighted by Crippen LogP contribution is 2.34. The Bertz CT molecular complexity index is 1750. The molecule has 0 unspecified atom stereocenters. The van der Waals surface area contributed by atoms with Crippen molar-refractivity contribution in [2.45, 2.75) is 13.5 Å². The number of aryl methyl sites for hydroxylation is 1. The Hall–Kier alpha value is -5.07. The highest BCUT2D eigenvalue weighted by atomic mass is 32.1. The Morgan fingerprint density at radius 2 is 1.32 bits per heavy atom. The van der Waals surface area contributed by atoms with Gasteiger partial charge in [0.2, 0.25) is 0 Å². The van der Waals surface area contributed by atoms with Crippen molar-refractivity contribution in [1.29, 1.82) is 0 Å². The third-order valence-corrected chi connectivity index (χ3v) is 7.34. The fourth-order valence-corrected chi connectivity index (χ4v) is 5.37. The first kappa shape index (κ1) is 26.2. The SMILES string of the molecule is Cc1cccc(COc2ccc3ccccc3c2C=C2C(=O)N(c3ccccc3)C(=S)N(c3ccccc3)C2=O)c1. The van der Waals surface area contributed by atoms with Crippen molar-refractivity contribution in [1.82, 2.24) is 0 Å². The summed E-state index contributed by atoms with van der Waals surface area (Å²) in [6.45, 7) is 2.38. The molecule has 41 heavy (non-hydrogen) atoms. The molecule has 6 heteroatoms. The van der Waals surface area contributed by atoms with Crippen LogP contribution >= 0.6 is 12.2 Å². The third kappa shape index (κ3) is 5.13. The zero-order valence-corrected chi connectivity index (χ0v) is 23.2. The number of hydrogen-bond acceptors (Lipinski definition) is 4. The van der Waals surface area contributed by atoms with Crippen molar-refractivity contribution in [3.63, 3.8) is 0 Å². The minimum Gasteiger partial charge on any atom is -0.488 e. The van der Waals surface area contributed by atoms with E-state index >= 15 is 0 Å². The highest BCUT2D eigenvalue weighted by Gasteiger charge is 2.41. The summed E-state index contributed by atoms with van der Waals surface area (Å²) in [5, 5.41) is 1.93. The molecule has 0 saturated carbocycles. The number of carbonyl (C=O) groups excluding carboxylic acids is 2. The van der Waals surface area contributed by atoms with Crippen molar-refractivity contribution in [3.8, 4) is 5.75 Å². The molecule has 0 bridgehead atoms. The molecule has 0 N–H and O–H groups in total. The van der Waals surface area contributed by atoms with Gasteiger partial charge in [-0.05, 0) is 71.9 Å². The second kappa shape index (κ2) is 11.2. The molecule has 200 valence electrons. The van der Waals surface area contributed by atoms with Gasteiger partial charge in [-0.2, -0.15) is 0 Å². The summed E-state index contributed by atoms with van der Waals surface area (Å²) in [7, 11) is 0. The highest BCUT2D eigenvalue weighted by molar-refractivity contribution is 7.81. The number of hydrogen-bond donors (Lipinski definition) is 0. The second-order valence-corrected chi connectivity index (χ2v) is 10.1. The smallest absolute Gasteiger partial charge is 0.270 e. The van der Waals surface area contributed by atoms with Gasteiger partial charge in [0, 0.05) is 5.56 Å². The van der Waals surface area contributed by atoms with E-state index in [1.165, 1.54) is 9.80 Å². The number of nitrogens with zero attached hydrogens (tertiary/aromatic N) is 2. The number of thiocarbonyl (C=S) groups is 1. The predicted octanol–water partition coefficient (Wildman–Crippen LogP) is 7.48. The van der Waals surface area contributed by atoms with Crippen molar-refractivity contribution in [2.75, 3.05) is 9.80 Å². The van der Waals surface area contributed by atoms with Crippen LogP contribution in [0.15, 0.2) is 127 Å². The molecule has 1 heterocycles. The molecule has 5 aromatic carbocycles. The van der Waals surface area contributed by atoms with Crippen LogP contribution in [0, 0.1) is 6.92 Å². The Kier molecular flexibility index (Phi) is 7.15. The van der Waals surface area contributed by atoms with Crippen LogP contribution < -0.4 is 14.5 Å². The number of para-hydroxylation sites is 2. The first-order chi connectivity index (χ1) is 20.0. The summed E-state index contributed by atoms with van der Waals surface area (Å²) in [6.07, 6.45) is 1.65. The van der Waals surface area contributed by atoms with E-state index in [0.29, 0.717) is 29.3 Å². The van der Waals surface area contributed by atoms with E-state index in [4.69, 9.17) is 17.0 Å². The summed E-state index contributed by atoms with van der Waals surface area (Å²) in [6, 6.07) is 38.1. The quantitative estimate of drug-likeness (QED) is 0.124. The van der Waals surface area contributed by atoms with Gasteiger partial charge in [0.25, 0.3) is 11.8 Å². The summed E-state index contributed by atoms with van der Waals surface area (Å²) >= 11 is 5.75. The lowest BCUT2D eigenvalue weighted by molar-refractivity contribution is -0.120. The molecule has 1 aliphatic heterocycles. The molecule has 5 aromatic rings. The number of rotatable bonds is 6. The van der Waals surface area contributed by atoms with Gasteiger partial charge in [0.1, 0.15) is 17.9 Å². The van der Waals surface area contributed by atoms with Crippen LogP contribution in [0.3, 0.4) is 0 Å². The number of benzene rings is 5. The topological polar surface area (TPSA) is 49.9 Å². The molecule has 0 aromatic heterocycles. The van der Waals surface area contributed by atoms with Gasteiger partial charge in [-0.3, -0.25) is 19.4 Å². The lowest BCUT2D eigenvalue weighted by Gasteiger charge is -2.36. The molecule has 1 fully saturated rings. The van der Waals surface area contributed by atoms with Crippen LogP contribution in [0.1, 0.15) is 16.7 Å². The summed E-state index contributed by atoms with van der Waals surface area (Å²) in [5.74, 6) is -0.407. The van der Waals surface area contributed by atoms with Crippen LogP contribution in [0.2, 0.25) is 0 Å². The zero-order chi connectivity index (χ0) is 28.3. The van der Waals surface area contributed by atoms with Gasteiger partial charge in [-0.25, -0.2) is 0 Å². The second-order valence-electron chi connectivity index (χ2n) is 9.77. The average Bonchev–Trinajstić information content (AvgIpc) is 3.00. The maximum Gasteiger partial charge on any atom is 0.270 e. The Labute approximate surface area is 243 Å². The standard InChI is InChI=1S/C35H26N2O3S/c1-24-11-10-12-25(21-24)23-40-32-20-19-26-13-8-9-18-29(26)30(32)22-31-33(38)36(27-14-4-2-5-15-27)35(41)37(34(31)39)28-16-6-3-7-17-28/h2-22H,23H2,1H3. The van der Waals surface area contributed by atoms with Gasteiger partial charge in [-0.15, -0.1) is 0 Å². The number of anilines is 2. The van der Waals surface area contributed by atoms with Crippen molar-refractivity contribution >= 4 is 57.4 Å². The maximum absolute atomic E-state index is 14.1. The lowest BCUT2D eigenvalue weighted by atomic mass is 9.99. The fourth-order valence-electron chi connectivity index (χ4n) is 5.00. The van der Waals surface area contributed by atoms with Crippen molar-refractivity contribution < 1.29 is 14.3 Å². The van der Waals surface area contributed by atoms with Gasteiger partial charge < -0.3 is 4.74 Å². The van der Waals surface area contributed by atoms with Crippen LogP contribution in [-0.4, -0.2) is 16.9 Å². The molecular weight excluding hydrogens is 528 g/mol. The van der Waals surface area contributed by atoms with Gasteiger partial charge in [-0.1, -0.05) is 96.6 Å². The Morgan fingerprint density at radius 1 is 0.707 bits per heavy atom. The lowest BCUT2D eigenvalue weighted by Crippen LogP contribution is -2.56. The molecule has 1 aliphatic rings. The maximum atomic E-state index is 14.1. The number of amides is 2. The Morgan fingerprint density at radius 3 is 1.95 bits per heavy atom. The third-order valence-electron chi connectivity index (χ3n) is 6.97. The molecule has 5 nitrogen and oxygen atoms in total. The molecule has 1 saturated heterocycles. The van der Waals surface area contributed by atoms with Crippen LogP contribution in [0.5, 0.6) is 5.75 Å². The van der Waals surface area contributed by atoms with E-state index in [2.05, 4.69) is 6.07 Å². The van der Waals surface area contributed by atoms with E-state index in [0.717, 1.165) is 21.9 Å². The fraction of sp³-hybridized carbons (Fsp3) is 0.0571. The predicted molar refractivity (Wildman–Crippen MR) is 168 cm³/mol. The summed E-state index contributed by atoms with van der Waals surface area (Å²) in [5.41, 5.74) is 3.97. The van der Waals surface area contributed by atoms with Crippen LogP contribution in [-0.2, 0) is 16.2 Å². The molecule has 0 atom stereocenters. The molecule has 0 spiro atoms. The van der Waals surface area contributed by atoms with Crippen LogP contribution in [0.4, 0.5) is 11.4 Å². The van der Waals surface area contributed by atoms with Gasteiger partial charge in [0.15, 0.2) is 5.11 Å². The van der Waals surface area contributed by atoms with E-state index in [1.807, 2.05) is 97.9 Å². The summed E-state index contributed by atoms with van der Waals surface area (Å²) in [4.78, 5) is 31.0. The first-order valence-electron chi connectivity index (χ1n) is 13.3. The van der Waals surface area contributed by atoms with E-state index in [-0.39, 0.29) is 10.7 Å². The van der Waals surface area contributed by atoms with Crippen molar-refractivity contribution in [2.24, 2.45) is 0 Å². The molecule has 0 aliphatic carbocycles. The number of ether oxygens (including phenoxy) is 1. The first-order valence-corrected chi connectivity index (χ1v) is 13.7. The van der Waals surface area contributed by atoms with E-state index in [9.17, 15) is 9.59 Å².